The Labute approximate surface area is 131 Å². The van der Waals surface area contributed by atoms with Gasteiger partial charge in [-0.15, -0.1) is 0 Å². The molecule has 0 atom stereocenters. The maximum atomic E-state index is 11.7. The molecule has 0 heterocycles. The van der Waals surface area contributed by atoms with Crippen molar-refractivity contribution in [3.8, 4) is 11.1 Å². The fraction of sp³-hybridized carbons (Fsp3) is 0.0556. The Balaban J connectivity index is 2.41. The molecule has 2 nitrogen and oxygen atoms in total. The van der Waals surface area contributed by atoms with E-state index in [9.17, 15) is 9.90 Å². The molecular weight excluding hydrogens is 328 g/mol. The van der Waals surface area contributed by atoms with Gasteiger partial charge in [0.1, 0.15) is 0 Å². The molecular formula is C18H13BrO2. The van der Waals surface area contributed by atoms with Crippen LogP contribution >= 0.6 is 15.9 Å². The molecule has 104 valence electrons. The average molecular weight is 341 g/mol. The van der Waals surface area contributed by atoms with E-state index in [0.717, 1.165) is 31.9 Å². The van der Waals surface area contributed by atoms with Crippen LogP contribution < -0.4 is 0 Å². The summed E-state index contributed by atoms with van der Waals surface area (Å²) in [5, 5.41) is 11.3. The van der Waals surface area contributed by atoms with Gasteiger partial charge in [0.05, 0.1) is 5.56 Å². The molecule has 3 aromatic carbocycles. The number of hydrogen-bond donors (Lipinski definition) is 1. The predicted octanol–water partition coefficient (Wildman–Crippen LogP) is 5.28. The zero-order valence-corrected chi connectivity index (χ0v) is 13.0. The fourth-order valence-electron chi connectivity index (χ4n) is 2.66. The Bertz CT molecular complexity index is 839. The van der Waals surface area contributed by atoms with Gasteiger partial charge in [0.15, 0.2) is 0 Å². The van der Waals surface area contributed by atoms with E-state index >= 15 is 0 Å². The van der Waals surface area contributed by atoms with Crippen LogP contribution in [0.2, 0.25) is 0 Å². The van der Waals surface area contributed by atoms with Crippen molar-refractivity contribution in [3.05, 3.63) is 70.2 Å². The Morgan fingerprint density at radius 2 is 1.76 bits per heavy atom. The molecule has 0 saturated heterocycles. The lowest BCUT2D eigenvalue weighted by Gasteiger charge is -2.13. The van der Waals surface area contributed by atoms with E-state index < -0.39 is 5.97 Å². The topological polar surface area (TPSA) is 37.3 Å². The van der Waals surface area contributed by atoms with Gasteiger partial charge in [-0.25, -0.2) is 4.79 Å². The SMILES string of the molecule is Cc1c(-c2ccccc2)cc2ccc(Br)cc2c1C(=O)O. The molecule has 0 saturated carbocycles. The smallest absolute Gasteiger partial charge is 0.336 e. The zero-order chi connectivity index (χ0) is 15.0. The van der Waals surface area contributed by atoms with Crippen LogP contribution in [-0.4, -0.2) is 11.1 Å². The molecule has 21 heavy (non-hydrogen) atoms. The van der Waals surface area contributed by atoms with Crippen LogP contribution in [0.4, 0.5) is 0 Å². The molecule has 3 rings (SSSR count). The number of aromatic carboxylic acids is 1. The first kappa shape index (κ1) is 13.8. The number of rotatable bonds is 2. The van der Waals surface area contributed by atoms with Crippen LogP contribution in [0.3, 0.4) is 0 Å². The molecule has 0 aromatic heterocycles. The van der Waals surface area contributed by atoms with E-state index in [0.29, 0.717) is 5.56 Å². The minimum Gasteiger partial charge on any atom is -0.478 e. The van der Waals surface area contributed by atoms with Gasteiger partial charge in [0.25, 0.3) is 0 Å². The Hall–Kier alpha value is -2.13. The first-order valence-electron chi connectivity index (χ1n) is 6.59. The first-order valence-corrected chi connectivity index (χ1v) is 7.39. The summed E-state index contributed by atoms with van der Waals surface area (Å²) < 4.78 is 0.879. The summed E-state index contributed by atoms with van der Waals surface area (Å²) in [6, 6.07) is 17.7. The number of carboxylic acids is 1. The van der Waals surface area contributed by atoms with Crippen LogP contribution in [0, 0.1) is 6.92 Å². The van der Waals surface area contributed by atoms with Gasteiger partial charge in [-0.1, -0.05) is 52.3 Å². The lowest BCUT2D eigenvalue weighted by atomic mass is 9.91. The van der Waals surface area contributed by atoms with Crippen molar-refractivity contribution in [2.24, 2.45) is 0 Å². The lowest BCUT2D eigenvalue weighted by Crippen LogP contribution is -2.03. The summed E-state index contributed by atoms with van der Waals surface area (Å²) in [6.07, 6.45) is 0. The molecule has 0 fully saturated rings. The fourth-order valence-corrected chi connectivity index (χ4v) is 3.03. The van der Waals surface area contributed by atoms with E-state index in [4.69, 9.17) is 0 Å². The Morgan fingerprint density at radius 3 is 2.43 bits per heavy atom. The molecule has 3 heteroatoms. The third-order valence-corrected chi connectivity index (χ3v) is 4.16. The summed E-state index contributed by atoms with van der Waals surface area (Å²) in [5.74, 6) is -0.895. The molecule has 0 bridgehead atoms. The van der Waals surface area contributed by atoms with Crippen molar-refractivity contribution in [3.63, 3.8) is 0 Å². The van der Waals surface area contributed by atoms with Crippen LogP contribution in [0.1, 0.15) is 15.9 Å². The van der Waals surface area contributed by atoms with E-state index in [-0.39, 0.29) is 0 Å². The maximum absolute atomic E-state index is 11.7. The third kappa shape index (κ3) is 2.45. The van der Waals surface area contributed by atoms with Crippen LogP contribution in [0.25, 0.3) is 21.9 Å². The lowest BCUT2D eigenvalue weighted by molar-refractivity contribution is 0.0698. The molecule has 0 spiro atoms. The highest BCUT2D eigenvalue weighted by Crippen LogP contribution is 2.33. The summed E-state index contributed by atoms with van der Waals surface area (Å²) in [5.41, 5.74) is 3.15. The summed E-state index contributed by atoms with van der Waals surface area (Å²) in [4.78, 5) is 11.7. The van der Waals surface area contributed by atoms with E-state index in [1.165, 1.54) is 0 Å². The Kier molecular flexibility index (Phi) is 3.52. The quantitative estimate of drug-likeness (QED) is 0.689. The van der Waals surface area contributed by atoms with Gasteiger partial charge in [-0.05, 0) is 52.6 Å². The highest BCUT2D eigenvalue weighted by molar-refractivity contribution is 9.10. The maximum Gasteiger partial charge on any atom is 0.336 e. The Morgan fingerprint density at radius 1 is 1.05 bits per heavy atom. The molecule has 0 aliphatic carbocycles. The van der Waals surface area contributed by atoms with Gasteiger partial charge in [-0.3, -0.25) is 0 Å². The molecule has 0 aliphatic rings. The number of benzene rings is 3. The minimum atomic E-state index is -0.895. The van der Waals surface area contributed by atoms with Crippen LogP contribution in [0.5, 0.6) is 0 Å². The zero-order valence-electron chi connectivity index (χ0n) is 11.4. The minimum absolute atomic E-state index is 0.368. The van der Waals surface area contributed by atoms with E-state index in [2.05, 4.69) is 22.0 Å². The predicted molar refractivity (Wildman–Crippen MR) is 88.8 cm³/mol. The molecule has 0 amide bonds. The normalized spacial score (nSPS) is 10.8. The third-order valence-electron chi connectivity index (χ3n) is 3.66. The van der Waals surface area contributed by atoms with Crippen LogP contribution in [-0.2, 0) is 0 Å². The van der Waals surface area contributed by atoms with Crippen molar-refractivity contribution in [2.45, 2.75) is 6.92 Å². The van der Waals surface area contributed by atoms with Crippen molar-refractivity contribution >= 4 is 32.7 Å². The number of carbonyl (C=O) groups is 1. The standard InChI is InChI=1S/C18H13BrO2/c1-11-15(12-5-3-2-4-6-12)9-13-7-8-14(19)10-16(13)17(11)18(20)21/h2-10H,1H3,(H,20,21). The van der Waals surface area contributed by atoms with Crippen molar-refractivity contribution < 1.29 is 9.90 Å². The van der Waals surface area contributed by atoms with Crippen molar-refractivity contribution in [1.29, 1.82) is 0 Å². The summed E-state index contributed by atoms with van der Waals surface area (Å²) in [7, 11) is 0. The molecule has 0 aliphatic heterocycles. The van der Waals surface area contributed by atoms with E-state index in [1.807, 2.05) is 55.5 Å². The van der Waals surface area contributed by atoms with Gasteiger partial charge in [0, 0.05) is 4.47 Å². The highest BCUT2D eigenvalue weighted by Gasteiger charge is 2.16. The van der Waals surface area contributed by atoms with E-state index in [1.54, 1.807) is 0 Å². The van der Waals surface area contributed by atoms with Gasteiger partial charge in [0.2, 0.25) is 0 Å². The molecule has 0 unspecified atom stereocenters. The number of halogens is 1. The molecule has 0 radical (unpaired) electrons. The van der Waals surface area contributed by atoms with Gasteiger partial charge >= 0.3 is 5.97 Å². The number of carboxylic acid groups (broad SMARTS) is 1. The largest absolute Gasteiger partial charge is 0.478 e. The summed E-state index contributed by atoms with van der Waals surface area (Å²) in [6.45, 7) is 1.87. The second kappa shape index (κ2) is 5.34. The van der Waals surface area contributed by atoms with Crippen LogP contribution in [0.15, 0.2) is 59.1 Å². The number of hydrogen-bond acceptors (Lipinski definition) is 1. The highest BCUT2D eigenvalue weighted by atomic mass is 79.9. The van der Waals surface area contributed by atoms with Crippen molar-refractivity contribution in [1.82, 2.24) is 0 Å². The summed E-state index contributed by atoms with van der Waals surface area (Å²) >= 11 is 3.41. The second-order valence-electron chi connectivity index (χ2n) is 4.96. The van der Waals surface area contributed by atoms with Gasteiger partial charge < -0.3 is 5.11 Å². The molecule has 1 N–H and O–H groups in total. The molecule has 3 aromatic rings. The van der Waals surface area contributed by atoms with Gasteiger partial charge in [-0.2, -0.15) is 0 Å². The second-order valence-corrected chi connectivity index (χ2v) is 5.88. The van der Waals surface area contributed by atoms with Crippen molar-refractivity contribution in [2.75, 3.05) is 0 Å². The number of fused-ring (bicyclic) bond motifs is 1. The first-order chi connectivity index (χ1) is 10.1. The average Bonchev–Trinajstić information content (AvgIpc) is 2.47. The monoisotopic (exact) mass is 340 g/mol.